The maximum Gasteiger partial charge on any atom is 0.241 e. The summed E-state index contributed by atoms with van der Waals surface area (Å²) in [4.78, 5) is 10.3. The minimum absolute atomic E-state index is 0.292. The summed E-state index contributed by atoms with van der Waals surface area (Å²) in [7, 11) is 0. The highest BCUT2D eigenvalue weighted by Crippen LogP contribution is 2.45. The van der Waals surface area contributed by atoms with Crippen LogP contribution in [-0.2, 0) is 5.88 Å². The van der Waals surface area contributed by atoms with Crippen LogP contribution < -0.4 is 4.90 Å². The van der Waals surface area contributed by atoms with Crippen LogP contribution in [0.2, 0.25) is 5.02 Å². The van der Waals surface area contributed by atoms with Crippen molar-refractivity contribution >= 4 is 29.0 Å². The van der Waals surface area contributed by atoms with Crippen LogP contribution >= 0.6 is 23.2 Å². The number of pyridine rings is 1. The third kappa shape index (κ3) is 3.22. The zero-order valence-electron chi connectivity index (χ0n) is 10.7. The summed E-state index contributed by atoms with van der Waals surface area (Å²) in [6.07, 6.45) is 4.52. The molecule has 0 spiro atoms. The van der Waals surface area contributed by atoms with Gasteiger partial charge in [0.25, 0.3) is 0 Å². The molecule has 2 atom stereocenters. The number of anilines is 1. The Hall–Kier alpha value is -1.33. The SMILES string of the molecule is ClCc1ncno1.Clc1ccnc(N2CC3CC3C2)c1. The van der Waals surface area contributed by atoms with Crippen molar-refractivity contribution in [3.05, 3.63) is 35.6 Å². The summed E-state index contributed by atoms with van der Waals surface area (Å²) in [6, 6.07) is 3.77. The van der Waals surface area contributed by atoms with E-state index in [0.29, 0.717) is 11.8 Å². The lowest BCUT2D eigenvalue weighted by Gasteiger charge is -2.18. The first kappa shape index (κ1) is 13.6. The quantitative estimate of drug-likeness (QED) is 0.798. The molecule has 0 bridgehead atoms. The van der Waals surface area contributed by atoms with Crippen LogP contribution in [0.3, 0.4) is 0 Å². The summed E-state index contributed by atoms with van der Waals surface area (Å²) in [5, 5.41) is 4.11. The maximum atomic E-state index is 5.90. The van der Waals surface area contributed by atoms with Crippen LogP contribution in [-0.4, -0.2) is 28.2 Å². The fraction of sp³-hybridized carbons (Fsp3) is 0.462. The highest BCUT2D eigenvalue weighted by Gasteiger charge is 2.45. The van der Waals surface area contributed by atoms with Crippen LogP contribution in [0.25, 0.3) is 0 Å². The maximum absolute atomic E-state index is 5.90. The van der Waals surface area contributed by atoms with Crippen molar-refractivity contribution in [2.45, 2.75) is 12.3 Å². The van der Waals surface area contributed by atoms with Crippen molar-refractivity contribution in [2.24, 2.45) is 11.8 Å². The first-order valence-corrected chi connectivity index (χ1v) is 7.35. The molecule has 5 nitrogen and oxygen atoms in total. The van der Waals surface area contributed by atoms with Gasteiger partial charge in [0.15, 0.2) is 6.33 Å². The normalized spacial score (nSPS) is 23.0. The molecular formula is C13H14Cl2N4O. The lowest BCUT2D eigenvalue weighted by Crippen LogP contribution is -2.22. The van der Waals surface area contributed by atoms with Gasteiger partial charge in [-0.1, -0.05) is 16.8 Å². The van der Waals surface area contributed by atoms with Gasteiger partial charge >= 0.3 is 0 Å². The molecule has 0 amide bonds. The molecule has 106 valence electrons. The van der Waals surface area contributed by atoms with Crippen LogP contribution in [0, 0.1) is 11.8 Å². The van der Waals surface area contributed by atoms with Gasteiger partial charge in [-0.2, -0.15) is 4.98 Å². The van der Waals surface area contributed by atoms with E-state index in [9.17, 15) is 0 Å². The lowest BCUT2D eigenvalue weighted by molar-refractivity contribution is 0.389. The molecule has 0 radical (unpaired) electrons. The number of hydrogen-bond acceptors (Lipinski definition) is 5. The number of nitrogens with zero attached hydrogens (tertiary/aromatic N) is 4. The van der Waals surface area contributed by atoms with Gasteiger partial charge in [-0.15, -0.1) is 11.6 Å². The van der Waals surface area contributed by atoms with Crippen LogP contribution in [0.1, 0.15) is 12.3 Å². The molecule has 2 aromatic rings. The van der Waals surface area contributed by atoms with E-state index in [2.05, 4.69) is 24.5 Å². The van der Waals surface area contributed by atoms with Gasteiger partial charge in [0, 0.05) is 24.3 Å². The first-order chi connectivity index (χ1) is 9.76. The minimum Gasteiger partial charge on any atom is -0.356 e. The molecule has 2 unspecified atom stereocenters. The molecule has 2 fully saturated rings. The van der Waals surface area contributed by atoms with Gasteiger partial charge in [-0.25, -0.2) is 4.98 Å². The molecule has 2 aromatic heterocycles. The number of alkyl halides is 1. The molecule has 1 aliphatic carbocycles. The first-order valence-electron chi connectivity index (χ1n) is 6.44. The van der Waals surface area contributed by atoms with Crippen LogP contribution in [0.4, 0.5) is 5.82 Å². The van der Waals surface area contributed by atoms with Crippen molar-refractivity contribution in [2.75, 3.05) is 18.0 Å². The molecule has 0 N–H and O–H groups in total. The second-order valence-electron chi connectivity index (χ2n) is 4.96. The Kier molecular flexibility index (Phi) is 4.08. The largest absolute Gasteiger partial charge is 0.356 e. The van der Waals surface area contributed by atoms with E-state index >= 15 is 0 Å². The van der Waals surface area contributed by atoms with Crippen molar-refractivity contribution < 1.29 is 4.52 Å². The number of halogens is 2. The van der Waals surface area contributed by atoms with Crippen LogP contribution in [0.5, 0.6) is 0 Å². The van der Waals surface area contributed by atoms with Gasteiger partial charge in [0.1, 0.15) is 11.7 Å². The molecule has 3 heterocycles. The van der Waals surface area contributed by atoms with E-state index in [1.54, 1.807) is 6.20 Å². The van der Waals surface area contributed by atoms with Gasteiger partial charge in [-0.3, -0.25) is 0 Å². The Labute approximate surface area is 126 Å². The van der Waals surface area contributed by atoms with Gasteiger partial charge in [0.2, 0.25) is 5.89 Å². The second kappa shape index (κ2) is 5.97. The standard InChI is InChI=1S/C10H11ClN2.C3H3ClN2O/c11-9-1-2-12-10(4-9)13-5-7-3-8(7)6-13;4-1-3-5-2-6-7-3/h1-2,4,7-8H,3,5-6H2;2H,1H2. The summed E-state index contributed by atoms with van der Waals surface area (Å²) >= 11 is 11.2. The summed E-state index contributed by atoms with van der Waals surface area (Å²) < 4.78 is 4.49. The van der Waals surface area contributed by atoms with Crippen molar-refractivity contribution in [3.63, 3.8) is 0 Å². The number of aromatic nitrogens is 3. The Morgan fingerprint density at radius 3 is 2.65 bits per heavy atom. The third-order valence-electron chi connectivity index (χ3n) is 3.53. The number of fused-ring (bicyclic) bond motifs is 1. The summed E-state index contributed by atoms with van der Waals surface area (Å²) in [6.45, 7) is 2.36. The number of piperidine rings is 1. The Morgan fingerprint density at radius 1 is 1.30 bits per heavy atom. The molecule has 1 saturated carbocycles. The molecular weight excluding hydrogens is 299 g/mol. The molecule has 7 heteroatoms. The fourth-order valence-corrected chi connectivity index (χ4v) is 2.68. The third-order valence-corrected chi connectivity index (χ3v) is 4.00. The number of rotatable bonds is 2. The van der Waals surface area contributed by atoms with E-state index < -0.39 is 0 Å². The highest BCUT2D eigenvalue weighted by molar-refractivity contribution is 6.30. The zero-order valence-corrected chi connectivity index (χ0v) is 12.3. The molecule has 20 heavy (non-hydrogen) atoms. The molecule has 2 aliphatic rings. The average molecular weight is 313 g/mol. The molecule has 0 aromatic carbocycles. The van der Waals surface area contributed by atoms with E-state index in [1.165, 1.54) is 25.8 Å². The monoisotopic (exact) mass is 312 g/mol. The predicted octanol–water partition coefficient (Wildman–Crippen LogP) is 3.00. The molecule has 1 saturated heterocycles. The van der Waals surface area contributed by atoms with E-state index in [4.69, 9.17) is 23.2 Å². The predicted molar refractivity (Wildman–Crippen MR) is 76.9 cm³/mol. The van der Waals surface area contributed by atoms with Crippen LogP contribution in [0.15, 0.2) is 29.2 Å². The Balaban J connectivity index is 0.000000147. The smallest absolute Gasteiger partial charge is 0.241 e. The highest BCUT2D eigenvalue weighted by atomic mass is 35.5. The fourth-order valence-electron chi connectivity index (χ4n) is 2.41. The molecule has 1 aliphatic heterocycles. The Bertz CT molecular complexity index is 553. The minimum atomic E-state index is 0.292. The van der Waals surface area contributed by atoms with Crippen molar-refractivity contribution in [1.82, 2.24) is 15.1 Å². The second-order valence-corrected chi connectivity index (χ2v) is 5.67. The van der Waals surface area contributed by atoms with Crippen molar-refractivity contribution in [1.29, 1.82) is 0 Å². The average Bonchev–Trinajstić information content (AvgIpc) is 2.91. The lowest BCUT2D eigenvalue weighted by atomic mass is 10.4. The topological polar surface area (TPSA) is 55.1 Å². The van der Waals surface area contributed by atoms with E-state index in [0.717, 1.165) is 22.7 Å². The van der Waals surface area contributed by atoms with Gasteiger partial charge in [0.05, 0.1) is 0 Å². The summed E-state index contributed by atoms with van der Waals surface area (Å²) in [5.41, 5.74) is 0. The molecule has 4 rings (SSSR count). The Morgan fingerprint density at radius 2 is 2.10 bits per heavy atom. The van der Waals surface area contributed by atoms with Crippen molar-refractivity contribution in [3.8, 4) is 0 Å². The van der Waals surface area contributed by atoms with Gasteiger partial charge < -0.3 is 9.42 Å². The van der Waals surface area contributed by atoms with E-state index in [-0.39, 0.29) is 0 Å². The zero-order chi connectivity index (χ0) is 13.9. The van der Waals surface area contributed by atoms with E-state index in [1.807, 2.05) is 12.1 Å². The number of hydrogen-bond donors (Lipinski definition) is 0. The summed E-state index contributed by atoms with van der Waals surface area (Å²) in [5.74, 6) is 3.68. The van der Waals surface area contributed by atoms with Gasteiger partial charge in [-0.05, 0) is 30.4 Å².